The Morgan fingerprint density at radius 3 is 2.57 bits per heavy atom. The Morgan fingerprint density at radius 2 is 1.91 bits per heavy atom. The van der Waals surface area contributed by atoms with Gasteiger partial charge in [0.15, 0.2) is 0 Å². The minimum atomic E-state index is -2.49. The fourth-order valence-corrected chi connectivity index (χ4v) is 2.09. The highest BCUT2D eigenvalue weighted by Crippen LogP contribution is 2.21. The van der Waals surface area contributed by atoms with Crippen LogP contribution in [0.3, 0.4) is 0 Å². The van der Waals surface area contributed by atoms with Crippen LogP contribution in [0.25, 0.3) is 5.69 Å². The lowest BCUT2D eigenvalue weighted by atomic mass is 10.2. The first-order chi connectivity index (χ1) is 11.1. The van der Waals surface area contributed by atoms with Gasteiger partial charge in [0.2, 0.25) is 5.88 Å². The Morgan fingerprint density at radius 1 is 1.13 bits per heavy atom. The number of hydrogen-bond donors (Lipinski definition) is 0. The van der Waals surface area contributed by atoms with Gasteiger partial charge in [-0.15, -0.1) is 5.10 Å². The SMILES string of the molecule is Cc1nnn(-c2ccc(C(F)F)cc2)c1COc1ccccn1. The first-order valence-electron chi connectivity index (χ1n) is 6.98. The van der Waals surface area contributed by atoms with E-state index < -0.39 is 6.43 Å². The van der Waals surface area contributed by atoms with Gasteiger partial charge in [-0.3, -0.25) is 0 Å². The van der Waals surface area contributed by atoms with Crippen LogP contribution in [0.15, 0.2) is 48.7 Å². The van der Waals surface area contributed by atoms with Crippen LogP contribution in [-0.2, 0) is 6.61 Å². The molecule has 0 saturated carbocycles. The van der Waals surface area contributed by atoms with E-state index in [4.69, 9.17) is 4.74 Å². The van der Waals surface area contributed by atoms with Crippen LogP contribution in [0.1, 0.15) is 23.4 Å². The highest BCUT2D eigenvalue weighted by Gasteiger charge is 2.13. The molecule has 0 bridgehead atoms. The van der Waals surface area contributed by atoms with Crippen molar-refractivity contribution in [3.05, 3.63) is 65.6 Å². The summed E-state index contributed by atoms with van der Waals surface area (Å²) in [6.07, 6.45) is -0.852. The number of aryl methyl sites for hydroxylation is 1. The molecule has 118 valence electrons. The van der Waals surface area contributed by atoms with E-state index in [2.05, 4.69) is 15.3 Å². The van der Waals surface area contributed by atoms with Gasteiger partial charge in [-0.2, -0.15) is 0 Å². The fraction of sp³-hybridized carbons (Fsp3) is 0.188. The van der Waals surface area contributed by atoms with E-state index in [1.807, 2.05) is 13.0 Å². The van der Waals surface area contributed by atoms with Crippen LogP contribution in [0, 0.1) is 6.92 Å². The molecule has 0 radical (unpaired) electrons. The maximum Gasteiger partial charge on any atom is 0.263 e. The molecule has 1 aromatic carbocycles. The molecule has 0 aliphatic heterocycles. The second-order valence-electron chi connectivity index (χ2n) is 4.88. The second-order valence-corrected chi connectivity index (χ2v) is 4.88. The normalized spacial score (nSPS) is 11.0. The number of benzene rings is 1. The van der Waals surface area contributed by atoms with Gasteiger partial charge in [-0.25, -0.2) is 18.4 Å². The molecule has 2 aromatic heterocycles. The van der Waals surface area contributed by atoms with Crippen molar-refractivity contribution in [2.24, 2.45) is 0 Å². The van der Waals surface area contributed by atoms with Gasteiger partial charge in [-0.05, 0) is 25.1 Å². The maximum atomic E-state index is 12.6. The summed E-state index contributed by atoms with van der Waals surface area (Å²) in [5, 5.41) is 8.08. The summed E-state index contributed by atoms with van der Waals surface area (Å²) >= 11 is 0. The van der Waals surface area contributed by atoms with Crippen molar-refractivity contribution < 1.29 is 13.5 Å². The number of hydrogen-bond acceptors (Lipinski definition) is 4. The van der Waals surface area contributed by atoms with Crippen LogP contribution in [0.5, 0.6) is 5.88 Å². The molecule has 0 unspecified atom stereocenters. The van der Waals surface area contributed by atoms with E-state index >= 15 is 0 Å². The van der Waals surface area contributed by atoms with Crippen LogP contribution in [0.4, 0.5) is 8.78 Å². The lowest BCUT2D eigenvalue weighted by Gasteiger charge is -2.09. The summed E-state index contributed by atoms with van der Waals surface area (Å²) in [5.74, 6) is 0.493. The summed E-state index contributed by atoms with van der Waals surface area (Å²) in [6.45, 7) is 2.04. The molecule has 0 N–H and O–H groups in total. The van der Waals surface area contributed by atoms with E-state index in [1.165, 1.54) is 12.1 Å². The molecule has 0 atom stereocenters. The van der Waals surface area contributed by atoms with Crippen molar-refractivity contribution >= 4 is 0 Å². The first kappa shape index (κ1) is 15.1. The lowest BCUT2D eigenvalue weighted by molar-refractivity contribution is 0.151. The largest absolute Gasteiger partial charge is 0.471 e. The summed E-state index contributed by atoms with van der Waals surface area (Å²) in [7, 11) is 0. The highest BCUT2D eigenvalue weighted by atomic mass is 19.3. The van der Waals surface area contributed by atoms with Crippen molar-refractivity contribution in [3.8, 4) is 11.6 Å². The highest BCUT2D eigenvalue weighted by molar-refractivity contribution is 5.36. The second kappa shape index (κ2) is 6.51. The number of rotatable bonds is 5. The van der Waals surface area contributed by atoms with Crippen molar-refractivity contribution in [3.63, 3.8) is 0 Å². The van der Waals surface area contributed by atoms with Crippen molar-refractivity contribution in [1.29, 1.82) is 0 Å². The lowest BCUT2D eigenvalue weighted by Crippen LogP contribution is -2.07. The molecule has 0 saturated heterocycles. The van der Waals surface area contributed by atoms with E-state index in [-0.39, 0.29) is 12.2 Å². The van der Waals surface area contributed by atoms with Gasteiger partial charge in [0, 0.05) is 17.8 Å². The maximum absolute atomic E-state index is 12.6. The molecule has 2 heterocycles. The molecular formula is C16H14F2N4O. The molecule has 3 aromatic rings. The summed E-state index contributed by atoms with van der Waals surface area (Å²) in [5.41, 5.74) is 2.06. The average Bonchev–Trinajstić information content (AvgIpc) is 2.95. The third-order valence-corrected chi connectivity index (χ3v) is 3.34. The zero-order chi connectivity index (χ0) is 16.2. The number of pyridine rings is 1. The molecule has 3 rings (SSSR count). The smallest absolute Gasteiger partial charge is 0.263 e. The number of aromatic nitrogens is 4. The topological polar surface area (TPSA) is 52.8 Å². The van der Waals surface area contributed by atoms with Gasteiger partial charge in [0.25, 0.3) is 6.43 Å². The van der Waals surface area contributed by atoms with E-state index in [1.54, 1.807) is 35.1 Å². The Kier molecular flexibility index (Phi) is 4.27. The van der Waals surface area contributed by atoms with E-state index in [0.717, 1.165) is 5.69 Å². The van der Waals surface area contributed by atoms with Crippen molar-refractivity contribution in [2.45, 2.75) is 20.0 Å². The zero-order valence-corrected chi connectivity index (χ0v) is 12.4. The summed E-state index contributed by atoms with van der Waals surface area (Å²) in [4.78, 5) is 4.09. The average molecular weight is 316 g/mol. The third-order valence-electron chi connectivity index (χ3n) is 3.34. The zero-order valence-electron chi connectivity index (χ0n) is 12.4. The predicted molar refractivity (Wildman–Crippen MR) is 79.6 cm³/mol. The molecule has 5 nitrogen and oxygen atoms in total. The summed E-state index contributed by atoms with van der Waals surface area (Å²) < 4.78 is 32.5. The van der Waals surface area contributed by atoms with Crippen LogP contribution in [-0.4, -0.2) is 20.0 Å². The Bertz CT molecular complexity index is 773. The van der Waals surface area contributed by atoms with Crippen LogP contribution >= 0.6 is 0 Å². The van der Waals surface area contributed by atoms with E-state index in [9.17, 15) is 8.78 Å². The van der Waals surface area contributed by atoms with Crippen molar-refractivity contribution in [2.75, 3.05) is 0 Å². The van der Waals surface area contributed by atoms with Crippen molar-refractivity contribution in [1.82, 2.24) is 20.0 Å². The van der Waals surface area contributed by atoms with Gasteiger partial charge < -0.3 is 4.74 Å². The fourth-order valence-electron chi connectivity index (χ4n) is 2.09. The van der Waals surface area contributed by atoms with Gasteiger partial charge in [0.05, 0.1) is 11.4 Å². The Hall–Kier alpha value is -2.83. The third kappa shape index (κ3) is 3.33. The summed E-state index contributed by atoms with van der Waals surface area (Å²) in [6, 6.07) is 11.3. The predicted octanol–water partition coefficient (Wildman–Crippen LogP) is 3.49. The Labute approximate surface area is 131 Å². The Balaban J connectivity index is 1.83. The molecule has 0 fully saturated rings. The van der Waals surface area contributed by atoms with Gasteiger partial charge in [-0.1, -0.05) is 23.4 Å². The molecule has 0 aliphatic carbocycles. The van der Waals surface area contributed by atoms with E-state index in [0.29, 0.717) is 17.3 Å². The number of nitrogens with zero attached hydrogens (tertiary/aromatic N) is 4. The monoisotopic (exact) mass is 316 g/mol. The van der Waals surface area contributed by atoms with Crippen LogP contribution < -0.4 is 4.74 Å². The van der Waals surface area contributed by atoms with Crippen LogP contribution in [0.2, 0.25) is 0 Å². The molecular weight excluding hydrogens is 302 g/mol. The molecule has 23 heavy (non-hydrogen) atoms. The number of halogens is 2. The molecule has 0 aliphatic rings. The van der Waals surface area contributed by atoms with Gasteiger partial charge in [0.1, 0.15) is 12.3 Å². The molecule has 7 heteroatoms. The number of alkyl halides is 2. The molecule has 0 amide bonds. The minimum absolute atomic E-state index is 0.0307. The van der Waals surface area contributed by atoms with Gasteiger partial charge >= 0.3 is 0 Å². The quantitative estimate of drug-likeness (QED) is 0.723. The minimum Gasteiger partial charge on any atom is -0.471 e. The standard InChI is InChI=1S/C16H14F2N4O/c1-11-14(10-23-15-4-2-3-9-19-15)22(21-20-11)13-7-5-12(6-8-13)16(17)18/h2-9,16H,10H2,1H3. The number of ether oxygens (including phenoxy) is 1. The molecule has 0 spiro atoms. The first-order valence-corrected chi connectivity index (χ1v) is 6.98.